The molecule has 1 aliphatic heterocycles. The lowest BCUT2D eigenvalue weighted by atomic mass is 10.1. The first-order valence-electron chi connectivity index (χ1n) is 10.3. The molecular weight excluding hydrogens is 402 g/mol. The van der Waals surface area contributed by atoms with Crippen molar-refractivity contribution in [3.63, 3.8) is 0 Å². The lowest BCUT2D eigenvalue weighted by molar-refractivity contribution is -0.905. The van der Waals surface area contributed by atoms with E-state index in [0.717, 1.165) is 36.5 Å². The Bertz CT molecular complexity index is 1190. The number of hydrogen-bond acceptors (Lipinski definition) is 5. The number of fused-ring (bicyclic) bond motifs is 1. The van der Waals surface area contributed by atoms with Gasteiger partial charge in [-0.05, 0) is 37.3 Å². The lowest BCUT2D eigenvalue weighted by Gasteiger charge is -2.24. The molecule has 158 valence electrons. The van der Waals surface area contributed by atoms with Gasteiger partial charge in [-0.1, -0.05) is 30.3 Å². The third-order valence-electron chi connectivity index (χ3n) is 5.91. The topological polar surface area (TPSA) is 88.6 Å². The molecule has 0 bridgehead atoms. The van der Waals surface area contributed by atoms with Crippen molar-refractivity contribution in [3.05, 3.63) is 67.2 Å². The fraction of sp³-hybridized carbons (Fsp3) is 0.409. The lowest BCUT2D eigenvalue weighted by Crippen LogP contribution is -3.13. The Balaban J connectivity index is 1.84. The van der Waals surface area contributed by atoms with E-state index < -0.39 is 11.5 Å². The van der Waals surface area contributed by atoms with Crippen LogP contribution in [0.15, 0.2) is 39.9 Å². The smallest absolute Gasteiger partial charge is 0.332 e. The summed E-state index contributed by atoms with van der Waals surface area (Å²) in [7, 11) is 0. The number of piperidine rings is 1. The molecule has 3 aromatic rings. The van der Waals surface area contributed by atoms with Gasteiger partial charge in [0.2, 0.25) is 0 Å². The quantitative estimate of drug-likeness (QED) is 0.601. The third-order valence-corrected chi connectivity index (χ3v) is 7.21. The number of nitrogens with zero attached hydrogens (tertiary/aromatic N) is 2. The van der Waals surface area contributed by atoms with Crippen LogP contribution in [0.25, 0.3) is 10.2 Å². The number of carbonyl (C=O) groups excluding carboxylic acids is 1. The van der Waals surface area contributed by atoms with E-state index in [-0.39, 0.29) is 17.1 Å². The molecule has 1 N–H and O–H groups in total. The molecule has 2 aromatic heterocycles. The molecule has 3 heterocycles. The summed E-state index contributed by atoms with van der Waals surface area (Å²) in [5.74, 6) is -1.32. The highest BCUT2D eigenvalue weighted by molar-refractivity contribution is 7.20. The molecule has 0 atom stereocenters. The van der Waals surface area contributed by atoms with Crippen LogP contribution in [0.4, 0.5) is 0 Å². The van der Waals surface area contributed by atoms with E-state index in [4.69, 9.17) is 0 Å². The van der Waals surface area contributed by atoms with Crippen LogP contribution >= 0.6 is 11.3 Å². The van der Waals surface area contributed by atoms with Gasteiger partial charge in [0.25, 0.3) is 5.56 Å². The Kier molecular flexibility index (Phi) is 5.87. The van der Waals surface area contributed by atoms with Crippen molar-refractivity contribution >= 4 is 27.5 Å². The number of quaternary nitrogens is 1. The van der Waals surface area contributed by atoms with Crippen molar-refractivity contribution in [2.45, 2.75) is 39.3 Å². The Hall–Kier alpha value is -2.71. The number of carbonyl (C=O) groups is 1. The number of thiophene rings is 1. The number of aryl methyl sites for hydroxylation is 1. The van der Waals surface area contributed by atoms with Crippen molar-refractivity contribution in [1.82, 2.24) is 9.13 Å². The van der Waals surface area contributed by atoms with Gasteiger partial charge in [-0.3, -0.25) is 13.9 Å². The van der Waals surface area contributed by atoms with Gasteiger partial charge in [-0.25, -0.2) is 4.79 Å². The highest BCUT2D eigenvalue weighted by atomic mass is 32.1. The van der Waals surface area contributed by atoms with Crippen molar-refractivity contribution in [3.8, 4) is 0 Å². The van der Waals surface area contributed by atoms with Crippen LogP contribution in [0.3, 0.4) is 0 Å². The molecule has 1 aliphatic rings. The zero-order valence-corrected chi connectivity index (χ0v) is 17.8. The number of hydrogen-bond donors (Lipinski definition) is 1. The molecule has 0 saturated carbocycles. The maximum Gasteiger partial charge on any atom is 0.332 e. The summed E-state index contributed by atoms with van der Waals surface area (Å²) < 4.78 is 2.81. The van der Waals surface area contributed by atoms with Gasteiger partial charge in [0, 0.05) is 0 Å². The summed E-state index contributed by atoms with van der Waals surface area (Å²) >= 11 is 0.967. The van der Waals surface area contributed by atoms with E-state index in [9.17, 15) is 19.5 Å². The number of carboxylic acid groups (broad SMARTS) is 1. The second-order valence-electron chi connectivity index (χ2n) is 7.90. The summed E-state index contributed by atoms with van der Waals surface area (Å²) in [6.45, 7) is 5.15. The van der Waals surface area contributed by atoms with Gasteiger partial charge in [0.05, 0.1) is 49.0 Å². The summed E-state index contributed by atoms with van der Waals surface area (Å²) in [4.78, 5) is 40.0. The standard InChI is InChI=1S/C22H25N3O4S/c1-15-17-19(26)25(14-16-8-4-2-5-9-16)22(29)24(20(17)30-18(15)21(27)28)13-12-23-10-6-3-7-11-23/h2,4-5,8-9H,3,6-7,10-14H2,1H3,(H,27,28). The molecule has 8 heteroatoms. The molecule has 0 spiro atoms. The SMILES string of the molecule is Cc1c(C(=O)[O-])sc2c1c(=O)n(Cc1ccccc1)c(=O)n2CC[NH+]1CCCCC1. The van der Waals surface area contributed by atoms with Gasteiger partial charge >= 0.3 is 5.69 Å². The number of benzene rings is 1. The largest absolute Gasteiger partial charge is 0.544 e. The van der Waals surface area contributed by atoms with Gasteiger partial charge in [-0.2, -0.15) is 0 Å². The number of nitrogens with one attached hydrogen (secondary N) is 1. The molecule has 0 unspecified atom stereocenters. The highest BCUT2D eigenvalue weighted by Crippen LogP contribution is 2.27. The second-order valence-corrected chi connectivity index (χ2v) is 8.89. The normalized spacial score (nSPS) is 15.0. The van der Waals surface area contributed by atoms with Gasteiger partial charge in [-0.15, -0.1) is 11.3 Å². The zero-order valence-electron chi connectivity index (χ0n) is 17.0. The van der Waals surface area contributed by atoms with E-state index >= 15 is 0 Å². The maximum absolute atomic E-state index is 13.3. The van der Waals surface area contributed by atoms with E-state index in [1.807, 2.05) is 30.3 Å². The van der Waals surface area contributed by atoms with Crippen LogP contribution in [-0.2, 0) is 13.1 Å². The average molecular weight is 428 g/mol. The van der Waals surface area contributed by atoms with Crippen LogP contribution in [0.2, 0.25) is 0 Å². The molecule has 30 heavy (non-hydrogen) atoms. The predicted molar refractivity (Wildman–Crippen MR) is 114 cm³/mol. The minimum absolute atomic E-state index is 0.0121. The molecule has 1 fully saturated rings. The number of aromatic carboxylic acids is 1. The molecule has 4 rings (SSSR count). The van der Waals surface area contributed by atoms with Crippen LogP contribution in [0.1, 0.15) is 40.1 Å². The minimum atomic E-state index is -1.32. The van der Waals surface area contributed by atoms with E-state index in [0.29, 0.717) is 22.3 Å². The first kappa shape index (κ1) is 20.6. The Morgan fingerprint density at radius 3 is 2.47 bits per heavy atom. The van der Waals surface area contributed by atoms with Crippen LogP contribution in [-0.4, -0.2) is 34.7 Å². The van der Waals surface area contributed by atoms with Crippen molar-refractivity contribution < 1.29 is 14.8 Å². The summed E-state index contributed by atoms with van der Waals surface area (Å²) in [6, 6.07) is 9.34. The first-order valence-corrected chi connectivity index (χ1v) is 11.1. The Morgan fingerprint density at radius 1 is 1.10 bits per heavy atom. The molecule has 0 radical (unpaired) electrons. The van der Waals surface area contributed by atoms with E-state index in [1.165, 1.54) is 28.7 Å². The fourth-order valence-electron chi connectivity index (χ4n) is 4.26. The number of likely N-dealkylation sites (tertiary alicyclic amines) is 1. The Morgan fingerprint density at radius 2 is 1.80 bits per heavy atom. The molecule has 0 amide bonds. The summed E-state index contributed by atoms with van der Waals surface area (Å²) in [5, 5.41) is 11.9. The number of aromatic nitrogens is 2. The second kappa shape index (κ2) is 8.57. The fourth-order valence-corrected chi connectivity index (χ4v) is 5.42. The minimum Gasteiger partial charge on any atom is -0.544 e. The third kappa shape index (κ3) is 3.85. The first-order chi connectivity index (χ1) is 14.5. The van der Waals surface area contributed by atoms with Crippen molar-refractivity contribution in [2.75, 3.05) is 19.6 Å². The van der Waals surface area contributed by atoms with Crippen LogP contribution < -0.4 is 21.3 Å². The number of rotatable bonds is 6. The van der Waals surface area contributed by atoms with Crippen LogP contribution in [0.5, 0.6) is 0 Å². The summed E-state index contributed by atoms with van der Waals surface area (Å²) in [5.41, 5.74) is 0.388. The highest BCUT2D eigenvalue weighted by Gasteiger charge is 2.22. The average Bonchev–Trinajstić information content (AvgIpc) is 3.10. The van der Waals surface area contributed by atoms with E-state index in [2.05, 4.69) is 0 Å². The van der Waals surface area contributed by atoms with Gasteiger partial charge < -0.3 is 14.8 Å². The summed E-state index contributed by atoms with van der Waals surface area (Å²) in [6.07, 6.45) is 3.61. The molecule has 0 aliphatic carbocycles. The monoisotopic (exact) mass is 427 g/mol. The molecular formula is C22H25N3O4S. The molecule has 1 saturated heterocycles. The van der Waals surface area contributed by atoms with Crippen molar-refractivity contribution in [2.24, 2.45) is 0 Å². The van der Waals surface area contributed by atoms with Gasteiger partial charge in [0.1, 0.15) is 4.83 Å². The Labute approximate surface area is 177 Å². The van der Waals surface area contributed by atoms with Crippen molar-refractivity contribution in [1.29, 1.82) is 0 Å². The molecule has 7 nitrogen and oxygen atoms in total. The number of carboxylic acids is 1. The molecule has 1 aromatic carbocycles. The van der Waals surface area contributed by atoms with E-state index in [1.54, 1.807) is 11.5 Å². The zero-order chi connectivity index (χ0) is 21.3. The van der Waals surface area contributed by atoms with Crippen LogP contribution in [0, 0.1) is 6.92 Å². The van der Waals surface area contributed by atoms with Gasteiger partial charge in [0.15, 0.2) is 0 Å². The predicted octanol–water partition coefficient (Wildman–Crippen LogP) is 0.0137. The maximum atomic E-state index is 13.3.